The highest BCUT2D eigenvalue weighted by Gasteiger charge is 2.06. The summed E-state index contributed by atoms with van der Waals surface area (Å²) < 4.78 is 1.85. The molecule has 0 fully saturated rings. The number of benzene rings is 1. The molecule has 1 N–H and O–H groups in total. The maximum Gasteiger partial charge on any atom is 0.164 e. The summed E-state index contributed by atoms with van der Waals surface area (Å²) in [5.74, 6) is 1.84. The van der Waals surface area contributed by atoms with Crippen LogP contribution in [0.15, 0.2) is 30.3 Å². The van der Waals surface area contributed by atoms with Crippen molar-refractivity contribution < 1.29 is 0 Å². The second kappa shape index (κ2) is 4.90. The Kier molecular flexibility index (Phi) is 3.31. The highest BCUT2D eigenvalue weighted by atomic mass is 15.3. The third-order valence-electron chi connectivity index (χ3n) is 2.44. The molecule has 4 heteroatoms. The Morgan fingerprint density at radius 1 is 1.25 bits per heavy atom. The molecule has 2 aromatic rings. The van der Waals surface area contributed by atoms with E-state index in [0.29, 0.717) is 6.54 Å². The number of aromatic nitrogens is 3. The molecule has 0 saturated heterocycles. The van der Waals surface area contributed by atoms with Crippen molar-refractivity contribution in [2.24, 2.45) is 7.05 Å². The Morgan fingerprint density at radius 3 is 2.69 bits per heavy atom. The van der Waals surface area contributed by atoms with Crippen molar-refractivity contribution in [1.82, 2.24) is 20.1 Å². The molecule has 0 bridgehead atoms. The fraction of sp³-hybridized carbons (Fsp3) is 0.333. The lowest BCUT2D eigenvalue weighted by atomic mass is 10.1. The van der Waals surface area contributed by atoms with Crippen LogP contribution in [0.25, 0.3) is 0 Å². The molecule has 84 valence electrons. The minimum absolute atomic E-state index is 0.711. The van der Waals surface area contributed by atoms with Crippen LogP contribution in [0.2, 0.25) is 0 Å². The topological polar surface area (TPSA) is 42.7 Å². The van der Waals surface area contributed by atoms with E-state index in [0.717, 1.165) is 18.1 Å². The molecule has 0 aliphatic heterocycles. The molecule has 1 aromatic carbocycles. The molecular formula is C12H16N4. The van der Waals surface area contributed by atoms with Crippen LogP contribution >= 0.6 is 0 Å². The van der Waals surface area contributed by atoms with Crippen molar-refractivity contribution in [2.75, 3.05) is 7.05 Å². The van der Waals surface area contributed by atoms with E-state index in [1.54, 1.807) is 0 Å². The standard InChI is InChI=1S/C12H16N4/c1-13-9-11-14-12(16(2)15-11)8-10-6-4-3-5-7-10/h3-7,13H,8-9H2,1-2H3. The zero-order chi connectivity index (χ0) is 11.4. The van der Waals surface area contributed by atoms with E-state index in [-0.39, 0.29) is 0 Å². The van der Waals surface area contributed by atoms with Gasteiger partial charge in [0.2, 0.25) is 0 Å². The van der Waals surface area contributed by atoms with Crippen molar-refractivity contribution in [2.45, 2.75) is 13.0 Å². The monoisotopic (exact) mass is 216 g/mol. The van der Waals surface area contributed by atoms with Crippen LogP contribution in [0.1, 0.15) is 17.2 Å². The van der Waals surface area contributed by atoms with Gasteiger partial charge in [-0.2, -0.15) is 5.10 Å². The van der Waals surface area contributed by atoms with E-state index in [1.165, 1.54) is 5.56 Å². The average molecular weight is 216 g/mol. The first-order valence-electron chi connectivity index (χ1n) is 5.37. The van der Waals surface area contributed by atoms with Gasteiger partial charge in [-0.3, -0.25) is 4.68 Å². The van der Waals surface area contributed by atoms with E-state index < -0.39 is 0 Å². The number of rotatable bonds is 4. The number of nitrogens with one attached hydrogen (secondary N) is 1. The van der Waals surface area contributed by atoms with Gasteiger partial charge >= 0.3 is 0 Å². The maximum absolute atomic E-state index is 4.48. The minimum atomic E-state index is 0.711. The molecule has 16 heavy (non-hydrogen) atoms. The van der Waals surface area contributed by atoms with E-state index in [4.69, 9.17) is 0 Å². The lowest BCUT2D eigenvalue weighted by Crippen LogP contribution is -2.06. The zero-order valence-electron chi connectivity index (χ0n) is 9.64. The average Bonchev–Trinajstić information content (AvgIpc) is 2.61. The van der Waals surface area contributed by atoms with Crippen LogP contribution < -0.4 is 5.32 Å². The van der Waals surface area contributed by atoms with Crippen LogP contribution in [0.5, 0.6) is 0 Å². The first-order chi connectivity index (χ1) is 7.79. The highest BCUT2D eigenvalue weighted by Crippen LogP contribution is 2.06. The molecule has 0 aliphatic carbocycles. The van der Waals surface area contributed by atoms with Crippen LogP contribution in [0.4, 0.5) is 0 Å². The van der Waals surface area contributed by atoms with Crippen LogP contribution in [-0.4, -0.2) is 21.8 Å². The van der Waals surface area contributed by atoms with Crippen molar-refractivity contribution in [1.29, 1.82) is 0 Å². The SMILES string of the molecule is CNCc1nc(Cc2ccccc2)n(C)n1. The molecule has 0 aliphatic rings. The maximum atomic E-state index is 4.48. The zero-order valence-corrected chi connectivity index (χ0v) is 9.64. The summed E-state index contributed by atoms with van der Waals surface area (Å²) in [5, 5.41) is 7.39. The smallest absolute Gasteiger partial charge is 0.164 e. The molecule has 0 atom stereocenters. The Morgan fingerprint density at radius 2 is 2.00 bits per heavy atom. The Bertz CT molecular complexity index is 447. The fourth-order valence-electron chi connectivity index (χ4n) is 1.64. The van der Waals surface area contributed by atoms with Gasteiger partial charge in [0.1, 0.15) is 5.82 Å². The van der Waals surface area contributed by atoms with Crippen molar-refractivity contribution in [3.8, 4) is 0 Å². The Hall–Kier alpha value is -1.68. The van der Waals surface area contributed by atoms with E-state index in [9.17, 15) is 0 Å². The van der Waals surface area contributed by atoms with Gasteiger partial charge < -0.3 is 5.32 Å². The molecule has 0 saturated carbocycles. The Balaban J connectivity index is 2.15. The molecule has 4 nitrogen and oxygen atoms in total. The molecule has 0 amide bonds. The first-order valence-corrected chi connectivity index (χ1v) is 5.37. The van der Waals surface area contributed by atoms with Crippen molar-refractivity contribution in [3.05, 3.63) is 47.5 Å². The van der Waals surface area contributed by atoms with E-state index in [1.807, 2.05) is 37.0 Å². The molecular weight excluding hydrogens is 200 g/mol. The van der Waals surface area contributed by atoms with Gasteiger partial charge in [0.05, 0.1) is 6.54 Å². The van der Waals surface area contributed by atoms with E-state index >= 15 is 0 Å². The minimum Gasteiger partial charge on any atom is -0.313 e. The third kappa shape index (κ3) is 2.46. The van der Waals surface area contributed by atoms with Crippen molar-refractivity contribution >= 4 is 0 Å². The molecule has 1 heterocycles. The summed E-state index contributed by atoms with van der Waals surface area (Å²) in [6.07, 6.45) is 0.827. The summed E-state index contributed by atoms with van der Waals surface area (Å²) in [6, 6.07) is 10.3. The van der Waals surface area contributed by atoms with Gasteiger partial charge in [-0.1, -0.05) is 30.3 Å². The number of nitrogens with zero attached hydrogens (tertiary/aromatic N) is 3. The van der Waals surface area contributed by atoms with Gasteiger partial charge in [0.25, 0.3) is 0 Å². The predicted molar refractivity (Wildman–Crippen MR) is 63.0 cm³/mol. The van der Waals surface area contributed by atoms with Crippen molar-refractivity contribution in [3.63, 3.8) is 0 Å². The number of hydrogen-bond donors (Lipinski definition) is 1. The van der Waals surface area contributed by atoms with Crippen LogP contribution in [0, 0.1) is 0 Å². The Labute approximate surface area is 95.3 Å². The summed E-state index contributed by atoms with van der Waals surface area (Å²) in [5.41, 5.74) is 1.26. The van der Waals surface area contributed by atoms with Gasteiger partial charge in [0, 0.05) is 13.5 Å². The second-order valence-corrected chi connectivity index (χ2v) is 3.76. The predicted octanol–water partition coefficient (Wildman–Crippen LogP) is 1.13. The third-order valence-corrected chi connectivity index (χ3v) is 2.44. The quantitative estimate of drug-likeness (QED) is 0.833. The summed E-state index contributed by atoms with van der Waals surface area (Å²) in [4.78, 5) is 4.48. The number of aryl methyl sites for hydroxylation is 1. The van der Waals surface area contributed by atoms with Gasteiger partial charge in [0.15, 0.2) is 5.82 Å². The fourth-order valence-corrected chi connectivity index (χ4v) is 1.64. The van der Waals surface area contributed by atoms with E-state index in [2.05, 4.69) is 27.5 Å². The second-order valence-electron chi connectivity index (χ2n) is 3.76. The van der Waals surface area contributed by atoms with Crippen LogP contribution in [-0.2, 0) is 20.0 Å². The summed E-state index contributed by atoms with van der Waals surface area (Å²) in [6.45, 7) is 0.711. The van der Waals surface area contributed by atoms with Gasteiger partial charge in [-0.25, -0.2) is 4.98 Å². The van der Waals surface area contributed by atoms with Gasteiger partial charge in [-0.05, 0) is 12.6 Å². The summed E-state index contributed by atoms with van der Waals surface area (Å²) in [7, 11) is 3.83. The highest BCUT2D eigenvalue weighted by molar-refractivity contribution is 5.18. The largest absolute Gasteiger partial charge is 0.313 e. The lowest BCUT2D eigenvalue weighted by molar-refractivity contribution is 0.690. The van der Waals surface area contributed by atoms with Gasteiger partial charge in [-0.15, -0.1) is 0 Å². The lowest BCUT2D eigenvalue weighted by Gasteiger charge is -1.99. The molecule has 0 unspecified atom stereocenters. The normalized spacial score (nSPS) is 10.6. The first kappa shape index (κ1) is 10.8. The van der Waals surface area contributed by atoms with Crippen LogP contribution in [0.3, 0.4) is 0 Å². The molecule has 1 aromatic heterocycles. The number of hydrogen-bond acceptors (Lipinski definition) is 3. The molecule has 2 rings (SSSR count). The molecule has 0 spiro atoms. The molecule has 0 radical (unpaired) electrons. The summed E-state index contributed by atoms with van der Waals surface area (Å²) >= 11 is 0.